The van der Waals surface area contributed by atoms with Crippen molar-refractivity contribution in [1.29, 1.82) is 0 Å². The highest BCUT2D eigenvalue weighted by Gasteiger charge is 2.27. The molecule has 5 N–H and O–H groups in total. The monoisotopic (exact) mass is 644 g/mol. The van der Waals surface area contributed by atoms with Gasteiger partial charge in [0.1, 0.15) is 0 Å². The molecule has 7 aromatic rings. The van der Waals surface area contributed by atoms with Crippen LogP contribution in [0.5, 0.6) is 0 Å². The van der Waals surface area contributed by atoms with Crippen LogP contribution in [0.1, 0.15) is 22.8 Å². The van der Waals surface area contributed by atoms with Crippen molar-refractivity contribution in [2.75, 3.05) is 0 Å². The van der Waals surface area contributed by atoms with Crippen LogP contribution in [0.25, 0.3) is 84.7 Å². The zero-order valence-corrected chi connectivity index (χ0v) is 27.1. The van der Waals surface area contributed by atoms with Crippen LogP contribution >= 0.6 is 0 Å². The first-order valence-electron chi connectivity index (χ1n) is 16.6. The Kier molecular flexibility index (Phi) is 6.99. The highest BCUT2D eigenvalue weighted by molar-refractivity contribution is 6.11. The summed E-state index contributed by atoms with van der Waals surface area (Å²) in [6.45, 7) is 0. The van der Waals surface area contributed by atoms with Gasteiger partial charge in [-0.15, -0.1) is 0 Å². The number of nitrogens with zero attached hydrogens (tertiary/aromatic N) is 3. The summed E-state index contributed by atoms with van der Waals surface area (Å²) in [5, 5.41) is 0. The lowest BCUT2D eigenvalue weighted by Gasteiger charge is -2.14. The van der Waals surface area contributed by atoms with E-state index in [1.165, 1.54) is 0 Å². The van der Waals surface area contributed by atoms with Gasteiger partial charge in [0.15, 0.2) is 0 Å². The van der Waals surface area contributed by atoms with Crippen LogP contribution in [0, 0.1) is 0 Å². The largest absolute Gasteiger partial charge is 0.395 e. The highest BCUT2D eigenvalue weighted by atomic mass is 15.0. The Labute approximate surface area is 289 Å². The molecule has 0 saturated heterocycles. The molecule has 5 heterocycles. The first-order chi connectivity index (χ1) is 24.6. The number of aromatic amines is 1. The van der Waals surface area contributed by atoms with Gasteiger partial charge in [0.25, 0.3) is 0 Å². The van der Waals surface area contributed by atoms with Crippen molar-refractivity contribution in [2.24, 2.45) is 11.5 Å². The van der Waals surface area contributed by atoms with Gasteiger partial charge in [0, 0.05) is 33.4 Å². The van der Waals surface area contributed by atoms with E-state index in [9.17, 15) is 0 Å². The van der Waals surface area contributed by atoms with Crippen LogP contribution in [-0.2, 0) is 0 Å². The van der Waals surface area contributed by atoms with Gasteiger partial charge in [-0.1, -0.05) is 109 Å². The number of hydrogen-bond donors (Lipinski definition) is 3. The molecule has 238 valence electrons. The number of H-pyrrole nitrogens is 1. The molecule has 0 aliphatic carbocycles. The summed E-state index contributed by atoms with van der Waals surface area (Å²) in [6.07, 6.45) is 4.13. The summed E-state index contributed by atoms with van der Waals surface area (Å²) in [7, 11) is 0. The van der Waals surface area contributed by atoms with Gasteiger partial charge in [-0.05, 0) is 71.3 Å². The van der Waals surface area contributed by atoms with E-state index >= 15 is 0 Å². The molecule has 0 radical (unpaired) electrons. The molecule has 8 bridgehead atoms. The minimum Gasteiger partial charge on any atom is -0.395 e. The topological polar surface area (TPSA) is 98.5 Å². The van der Waals surface area contributed by atoms with Crippen molar-refractivity contribution in [3.05, 3.63) is 174 Å². The zero-order chi connectivity index (χ0) is 33.6. The van der Waals surface area contributed by atoms with Crippen LogP contribution in [-0.4, -0.2) is 19.5 Å². The van der Waals surface area contributed by atoms with Gasteiger partial charge in [0.05, 0.1) is 45.2 Å². The number of para-hydroxylation sites is 1. The molecule has 2 aliphatic rings. The molecule has 0 amide bonds. The minimum absolute atomic E-state index is 0.436. The Morgan fingerprint density at radius 3 is 1.62 bits per heavy atom. The Balaban J connectivity index is 1.64. The smallest absolute Gasteiger partial charge is 0.0988 e. The van der Waals surface area contributed by atoms with E-state index in [0.29, 0.717) is 22.8 Å². The molecule has 6 heteroatoms. The molecule has 3 aromatic heterocycles. The predicted octanol–water partition coefficient (Wildman–Crippen LogP) is 9.69. The lowest BCUT2D eigenvalue weighted by Crippen LogP contribution is -2.04. The fraction of sp³-hybridized carbons (Fsp3) is 0. The standard InChI is InChI=1S/C44H32N6/c45-41-36-26-33-23-21-31(47-33)25-32-22-24-34(48-32)27-37-38(28-13-5-1-6-14-28)39(29-15-7-2-8-16-29)44(50(37)35-19-11-4-12-20-35)40(43(49-36)42(41)46)30-17-9-3-10-18-30/h1-27,47H,45-46H2. The molecule has 4 aromatic carbocycles. The Morgan fingerprint density at radius 2 is 1.00 bits per heavy atom. The van der Waals surface area contributed by atoms with Crippen molar-refractivity contribution in [3.8, 4) is 39.1 Å². The second kappa shape index (κ2) is 12.0. The SMILES string of the molecule is NC1=C(N)c2nc1cc1ccc(cc3nc(cc4c(-c5ccccc5)c(-c5ccccc5)c(c2-c2ccccc2)n4-c2ccccc2)C=C3)[nH]1. The van der Waals surface area contributed by atoms with E-state index in [4.69, 9.17) is 21.4 Å². The van der Waals surface area contributed by atoms with E-state index in [0.717, 1.165) is 72.5 Å². The number of hydrogen-bond acceptors (Lipinski definition) is 4. The normalized spacial score (nSPS) is 12.4. The summed E-state index contributed by atoms with van der Waals surface area (Å²) in [5.41, 5.74) is 28.5. The zero-order valence-electron chi connectivity index (χ0n) is 27.1. The Morgan fingerprint density at radius 1 is 0.480 bits per heavy atom. The van der Waals surface area contributed by atoms with Crippen molar-refractivity contribution >= 4 is 45.6 Å². The lowest BCUT2D eigenvalue weighted by atomic mass is 9.93. The second-order valence-corrected chi connectivity index (χ2v) is 12.4. The summed E-state index contributed by atoms with van der Waals surface area (Å²) >= 11 is 0. The lowest BCUT2D eigenvalue weighted by molar-refractivity contribution is 1.17. The molecule has 9 rings (SSSR count). The predicted molar refractivity (Wildman–Crippen MR) is 206 cm³/mol. The molecule has 2 aliphatic heterocycles. The van der Waals surface area contributed by atoms with Gasteiger partial charge in [-0.25, -0.2) is 9.97 Å². The van der Waals surface area contributed by atoms with E-state index in [1.807, 2.05) is 54.6 Å². The van der Waals surface area contributed by atoms with Gasteiger partial charge in [0.2, 0.25) is 0 Å². The molecule has 6 nitrogen and oxygen atoms in total. The molecule has 0 fully saturated rings. The molecule has 0 unspecified atom stereocenters. The summed E-state index contributed by atoms with van der Waals surface area (Å²) in [6, 6.07) is 52.1. The number of fused-ring (bicyclic) bond motifs is 8. The maximum Gasteiger partial charge on any atom is 0.0988 e. The third-order valence-electron chi connectivity index (χ3n) is 9.23. The van der Waals surface area contributed by atoms with Crippen molar-refractivity contribution in [1.82, 2.24) is 19.5 Å². The maximum atomic E-state index is 7.02. The van der Waals surface area contributed by atoms with Crippen LogP contribution in [0.4, 0.5) is 0 Å². The molecule has 0 saturated carbocycles. The summed E-state index contributed by atoms with van der Waals surface area (Å²) < 4.78 is 2.33. The van der Waals surface area contributed by atoms with Crippen molar-refractivity contribution < 1.29 is 0 Å². The number of nitrogens with two attached hydrogens (primary N) is 2. The van der Waals surface area contributed by atoms with Gasteiger partial charge < -0.3 is 21.0 Å². The quantitative estimate of drug-likeness (QED) is 0.178. The summed E-state index contributed by atoms with van der Waals surface area (Å²) in [4.78, 5) is 13.8. The number of rotatable bonds is 4. The van der Waals surface area contributed by atoms with Crippen LogP contribution in [0.3, 0.4) is 0 Å². The van der Waals surface area contributed by atoms with E-state index in [-0.39, 0.29) is 0 Å². The fourth-order valence-corrected chi connectivity index (χ4v) is 6.99. The first kappa shape index (κ1) is 29.2. The van der Waals surface area contributed by atoms with Crippen LogP contribution in [0.2, 0.25) is 0 Å². The Bertz CT molecular complexity index is 2630. The van der Waals surface area contributed by atoms with Gasteiger partial charge >= 0.3 is 0 Å². The molecule has 0 spiro atoms. The highest BCUT2D eigenvalue weighted by Crippen LogP contribution is 2.47. The Hall–Kier alpha value is -6.92. The number of benzene rings is 4. The third kappa shape index (κ3) is 4.98. The van der Waals surface area contributed by atoms with Gasteiger partial charge in [-0.2, -0.15) is 0 Å². The average Bonchev–Trinajstić information content (AvgIpc) is 3.94. The maximum absolute atomic E-state index is 7.02. The average molecular weight is 645 g/mol. The molecule has 0 atom stereocenters. The van der Waals surface area contributed by atoms with Crippen LogP contribution in [0.15, 0.2) is 152 Å². The fourth-order valence-electron chi connectivity index (χ4n) is 6.99. The van der Waals surface area contributed by atoms with Crippen molar-refractivity contribution in [3.63, 3.8) is 0 Å². The molecule has 50 heavy (non-hydrogen) atoms. The van der Waals surface area contributed by atoms with Crippen LogP contribution < -0.4 is 11.5 Å². The first-order valence-corrected chi connectivity index (χ1v) is 16.6. The number of nitrogens with one attached hydrogen (secondary N) is 1. The third-order valence-corrected chi connectivity index (χ3v) is 9.23. The number of aromatic nitrogens is 4. The second-order valence-electron chi connectivity index (χ2n) is 12.4. The van der Waals surface area contributed by atoms with Gasteiger partial charge in [-0.3, -0.25) is 0 Å². The molecular weight excluding hydrogens is 613 g/mol. The van der Waals surface area contributed by atoms with E-state index in [1.54, 1.807) is 0 Å². The van der Waals surface area contributed by atoms with Crippen molar-refractivity contribution in [2.45, 2.75) is 0 Å². The summed E-state index contributed by atoms with van der Waals surface area (Å²) in [5.74, 6) is 0. The van der Waals surface area contributed by atoms with E-state index in [2.05, 4.69) is 119 Å². The minimum atomic E-state index is 0.436. The van der Waals surface area contributed by atoms with E-state index < -0.39 is 0 Å². The molecular formula is C44H32N6.